The molecule has 1 saturated heterocycles. The summed E-state index contributed by atoms with van der Waals surface area (Å²) in [6.45, 7) is 1.76. The highest BCUT2D eigenvalue weighted by Gasteiger charge is 2.20. The van der Waals surface area contributed by atoms with E-state index in [0.29, 0.717) is 28.5 Å². The third-order valence-electron chi connectivity index (χ3n) is 5.47. The monoisotopic (exact) mass is 434 g/mol. The van der Waals surface area contributed by atoms with Crippen molar-refractivity contribution in [3.63, 3.8) is 0 Å². The normalized spacial score (nSPS) is 14.5. The zero-order chi connectivity index (χ0) is 22.1. The van der Waals surface area contributed by atoms with Gasteiger partial charge in [0.1, 0.15) is 5.75 Å². The molecule has 164 valence electrons. The lowest BCUT2D eigenvalue weighted by Crippen LogP contribution is -2.27. The smallest absolute Gasteiger partial charge is 0.294 e. The van der Waals surface area contributed by atoms with Crippen molar-refractivity contribution in [2.45, 2.75) is 12.8 Å². The lowest BCUT2D eigenvalue weighted by Gasteiger charge is -2.16. The highest BCUT2D eigenvalue weighted by atomic mass is 16.7. The molecular formula is C23H22N4O5. The SMILES string of the molecule is Cn1ncc(Oc2ccc3c(c2)OCO3)c(Nc2ccc(C(=O)N3CCCC3)cc2)c1=O. The van der Waals surface area contributed by atoms with Crippen LogP contribution >= 0.6 is 0 Å². The van der Waals surface area contributed by atoms with Crippen molar-refractivity contribution in [1.82, 2.24) is 14.7 Å². The highest BCUT2D eigenvalue weighted by Crippen LogP contribution is 2.37. The van der Waals surface area contributed by atoms with Crippen LogP contribution in [0.15, 0.2) is 53.5 Å². The maximum absolute atomic E-state index is 12.8. The van der Waals surface area contributed by atoms with Gasteiger partial charge in [-0.25, -0.2) is 4.68 Å². The molecule has 32 heavy (non-hydrogen) atoms. The number of anilines is 2. The predicted octanol–water partition coefficient (Wildman–Crippen LogP) is 3.28. The van der Waals surface area contributed by atoms with E-state index in [0.717, 1.165) is 25.9 Å². The van der Waals surface area contributed by atoms with Gasteiger partial charge < -0.3 is 24.4 Å². The number of amides is 1. The summed E-state index contributed by atoms with van der Waals surface area (Å²) in [4.78, 5) is 27.2. The van der Waals surface area contributed by atoms with Crippen LogP contribution in [0.25, 0.3) is 0 Å². The molecule has 1 amide bonds. The Hall–Kier alpha value is -4.01. The van der Waals surface area contributed by atoms with E-state index in [-0.39, 0.29) is 29.7 Å². The summed E-state index contributed by atoms with van der Waals surface area (Å²) in [7, 11) is 1.57. The number of carbonyl (C=O) groups is 1. The van der Waals surface area contributed by atoms with E-state index in [4.69, 9.17) is 14.2 Å². The van der Waals surface area contributed by atoms with E-state index in [1.807, 2.05) is 4.90 Å². The minimum atomic E-state index is -0.347. The minimum Gasteiger partial charge on any atom is -0.454 e. The molecule has 0 aliphatic carbocycles. The maximum Gasteiger partial charge on any atom is 0.294 e. The third kappa shape index (κ3) is 3.84. The van der Waals surface area contributed by atoms with Crippen molar-refractivity contribution in [2.75, 3.05) is 25.2 Å². The number of likely N-dealkylation sites (tertiary alicyclic amines) is 1. The second kappa shape index (κ2) is 8.26. The number of rotatable bonds is 5. The Balaban J connectivity index is 1.39. The summed E-state index contributed by atoms with van der Waals surface area (Å²) >= 11 is 0. The molecule has 9 heteroatoms. The largest absolute Gasteiger partial charge is 0.454 e. The van der Waals surface area contributed by atoms with Crippen LogP contribution in [0.2, 0.25) is 0 Å². The van der Waals surface area contributed by atoms with Gasteiger partial charge in [0.05, 0.1) is 6.20 Å². The Morgan fingerprint density at radius 1 is 1.06 bits per heavy atom. The van der Waals surface area contributed by atoms with Gasteiger partial charge in [0, 0.05) is 37.5 Å². The van der Waals surface area contributed by atoms with Crippen LogP contribution in [0.1, 0.15) is 23.2 Å². The molecule has 1 N–H and O–H groups in total. The number of fused-ring (bicyclic) bond motifs is 1. The first kappa shape index (κ1) is 19.9. The first-order valence-electron chi connectivity index (χ1n) is 10.4. The molecule has 0 unspecified atom stereocenters. The molecule has 2 aromatic carbocycles. The molecule has 5 rings (SSSR count). The van der Waals surface area contributed by atoms with Crippen LogP contribution in [-0.2, 0) is 7.05 Å². The molecule has 0 saturated carbocycles. The van der Waals surface area contributed by atoms with Gasteiger partial charge >= 0.3 is 0 Å². The van der Waals surface area contributed by atoms with E-state index >= 15 is 0 Å². The quantitative estimate of drug-likeness (QED) is 0.658. The van der Waals surface area contributed by atoms with Gasteiger partial charge in [-0.1, -0.05) is 0 Å². The topological polar surface area (TPSA) is 94.9 Å². The Labute approximate surface area is 184 Å². The number of nitrogens with one attached hydrogen (secondary N) is 1. The van der Waals surface area contributed by atoms with Crippen molar-refractivity contribution in [2.24, 2.45) is 7.05 Å². The minimum absolute atomic E-state index is 0.0284. The van der Waals surface area contributed by atoms with E-state index in [2.05, 4.69) is 10.4 Å². The number of nitrogens with zero attached hydrogens (tertiary/aromatic N) is 3. The number of aromatic nitrogens is 2. The Morgan fingerprint density at radius 3 is 2.59 bits per heavy atom. The number of hydrogen-bond donors (Lipinski definition) is 1. The first-order valence-corrected chi connectivity index (χ1v) is 10.4. The van der Waals surface area contributed by atoms with Crippen LogP contribution in [0.4, 0.5) is 11.4 Å². The fourth-order valence-electron chi connectivity index (χ4n) is 3.73. The average Bonchev–Trinajstić information content (AvgIpc) is 3.50. The van der Waals surface area contributed by atoms with Crippen molar-refractivity contribution >= 4 is 17.3 Å². The standard InChI is InChI=1S/C23H22N4O5/c1-26-23(29)21(20(13-24-26)32-17-8-9-18-19(12-17)31-14-30-18)25-16-6-4-15(5-7-16)22(28)27-10-2-3-11-27/h4-9,12-13,25H,2-3,10-11,14H2,1H3. The second-order valence-corrected chi connectivity index (χ2v) is 7.63. The van der Waals surface area contributed by atoms with Crippen molar-refractivity contribution < 1.29 is 19.0 Å². The fourth-order valence-corrected chi connectivity index (χ4v) is 3.73. The van der Waals surface area contributed by atoms with Gasteiger partial charge in [-0.15, -0.1) is 0 Å². The van der Waals surface area contributed by atoms with Crippen LogP contribution in [0.3, 0.4) is 0 Å². The van der Waals surface area contributed by atoms with E-state index in [1.54, 1.807) is 49.5 Å². The van der Waals surface area contributed by atoms with Crippen molar-refractivity contribution in [3.8, 4) is 23.0 Å². The molecule has 0 bridgehead atoms. The molecule has 9 nitrogen and oxygen atoms in total. The zero-order valence-corrected chi connectivity index (χ0v) is 17.5. The third-order valence-corrected chi connectivity index (χ3v) is 5.47. The van der Waals surface area contributed by atoms with Crippen LogP contribution in [0, 0.1) is 0 Å². The van der Waals surface area contributed by atoms with Gasteiger partial charge in [0.25, 0.3) is 11.5 Å². The Bertz CT molecular complexity index is 1220. The van der Waals surface area contributed by atoms with Gasteiger partial charge in [0.2, 0.25) is 6.79 Å². The molecule has 1 aromatic heterocycles. The van der Waals surface area contributed by atoms with Crippen LogP contribution in [0.5, 0.6) is 23.0 Å². The molecule has 1 fully saturated rings. The lowest BCUT2D eigenvalue weighted by atomic mass is 10.2. The lowest BCUT2D eigenvalue weighted by molar-refractivity contribution is 0.0793. The predicted molar refractivity (Wildman–Crippen MR) is 117 cm³/mol. The highest BCUT2D eigenvalue weighted by molar-refractivity contribution is 5.94. The Morgan fingerprint density at radius 2 is 1.81 bits per heavy atom. The number of carbonyl (C=O) groups excluding carboxylic acids is 1. The van der Waals surface area contributed by atoms with Gasteiger partial charge in [-0.2, -0.15) is 5.10 Å². The van der Waals surface area contributed by atoms with E-state index in [9.17, 15) is 9.59 Å². The summed E-state index contributed by atoms with van der Waals surface area (Å²) in [6.07, 6.45) is 3.56. The summed E-state index contributed by atoms with van der Waals surface area (Å²) in [5, 5.41) is 7.17. The van der Waals surface area contributed by atoms with Crippen molar-refractivity contribution in [3.05, 3.63) is 64.6 Å². The number of aryl methyl sites for hydroxylation is 1. The summed E-state index contributed by atoms with van der Waals surface area (Å²) in [5.41, 5.74) is 1.16. The number of ether oxygens (including phenoxy) is 3. The molecule has 2 aliphatic heterocycles. The summed E-state index contributed by atoms with van der Waals surface area (Å²) < 4.78 is 17.9. The molecule has 3 heterocycles. The molecule has 0 atom stereocenters. The van der Waals surface area contributed by atoms with E-state index < -0.39 is 0 Å². The molecule has 2 aliphatic rings. The molecule has 0 radical (unpaired) electrons. The van der Waals surface area contributed by atoms with Gasteiger partial charge in [-0.3, -0.25) is 9.59 Å². The molecule has 0 spiro atoms. The zero-order valence-electron chi connectivity index (χ0n) is 17.5. The fraction of sp³-hybridized carbons (Fsp3) is 0.261. The van der Waals surface area contributed by atoms with Gasteiger partial charge in [-0.05, 0) is 49.2 Å². The second-order valence-electron chi connectivity index (χ2n) is 7.63. The van der Waals surface area contributed by atoms with Crippen LogP contribution < -0.4 is 25.1 Å². The first-order chi connectivity index (χ1) is 15.6. The van der Waals surface area contributed by atoms with Gasteiger partial charge in [0.15, 0.2) is 22.9 Å². The Kier molecular flexibility index (Phi) is 5.14. The maximum atomic E-state index is 12.8. The summed E-state index contributed by atoms with van der Waals surface area (Å²) in [6, 6.07) is 12.2. The summed E-state index contributed by atoms with van der Waals surface area (Å²) in [5.74, 6) is 2.00. The molecular weight excluding hydrogens is 412 g/mol. The van der Waals surface area contributed by atoms with Crippen molar-refractivity contribution in [1.29, 1.82) is 0 Å². The average molecular weight is 434 g/mol. The number of benzene rings is 2. The van der Waals surface area contributed by atoms with Crippen LogP contribution in [-0.4, -0.2) is 40.5 Å². The van der Waals surface area contributed by atoms with E-state index in [1.165, 1.54) is 10.9 Å². The molecule has 3 aromatic rings. The number of hydrogen-bond acceptors (Lipinski definition) is 7.